The molecule has 6 nitrogen and oxygen atoms in total. The molecule has 8 heteroatoms. The van der Waals surface area contributed by atoms with Crippen molar-refractivity contribution >= 4 is 33.4 Å². The Bertz CT molecular complexity index is 1140. The van der Waals surface area contributed by atoms with Crippen LogP contribution in [0.15, 0.2) is 46.9 Å². The van der Waals surface area contributed by atoms with E-state index in [2.05, 4.69) is 21.0 Å². The molecule has 1 aliphatic carbocycles. The number of carbonyl (C=O) groups excluding carboxylic acids is 1. The van der Waals surface area contributed by atoms with Crippen molar-refractivity contribution in [1.29, 1.82) is 0 Å². The van der Waals surface area contributed by atoms with Gasteiger partial charge in [-0.3, -0.25) is 9.48 Å². The van der Waals surface area contributed by atoms with E-state index in [1.54, 1.807) is 23.8 Å². The SMILES string of the molecule is COc1ccc(CN(Cc2ccc(Br)c(Cl)c2)C(=O)c2cc(C3CC3)nn2C)c(OC)c1. The second-order valence-electron chi connectivity index (χ2n) is 7.94. The predicted octanol–water partition coefficient (Wildman–Crippen LogP) is 5.57. The molecule has 0 atom stereocenters. The van der Waals surface area contributed by atoms with E-state index in [-0.39, 0.29) is 5.91 Å². The first-order valence-electron chi connectivity index (χ1n) is 10.4. The highest BCUT2D eigenvalue weighted by Crippen LogP contribution is 2.39. The van der Waals surface area contributed by atoms with Gasteiger partial charge in [0.2, 0.25) is 0 Å². The number of halogens is 2. The summed E-state index contributed by atoms with van der Waals surface area (Å²) in [4.78, 5) is 15.5. The number of carbonyl (C=O) groups is 1. The van der Waals surface area contributed by atoms with Gasteiger partial charge in [-0.1, -0.05) is 17.7 Å². The largest absolute Gasteiger partial charge is 0.497 e. The van der Waals surface area contributed by atoms with Crippen LogP contribution in [0, 0.1) is 0 Å². The number of ether oxygens (including phenoxy) is 2. The van der Waals surface area contributed by atoms with Crippen LogP contribution in [0.4, 0.5) is 0 Å². The minimum absolute atomic E-state index is 0.0937. The second-order valence-corrected chi connectivity index (χ2v) is 9.20. The van der Waals surface area contributed by atoms with Gasteiger partial charge in [-0.05, 0) is 64.7 Å². The van der Waals surface area contributed by atoms with E-state index in [0.717, 1.165) is 34.1 Å². The fourth-order valence-electron chi connectivity index (χ4n) is 3.68. The topological polar surface area (TPSA) is 56.6 Å². The first kappa shape index (κ1) is 22.7. The summed E-state index contributed by atoms with van der Waals surface area (Å²) in [5.74, 6) is 1.75. The van der Waals surface area contributed by atoms with Gasteiger partial charge in [0, 0.05) is 35.6 Å². The Morgan fingerprint density at radius 3 is 2.59 bits per heavy atom. The third-order valence-electron chi connectivity index (χ3n) is 5.61. The number of rotatable bonds is 8. The highest BCUT2D eigenvalue weighted by atomic mass is 79.9. The molecule has 0 N–H and O–H groups in total. The molecule has 2 aromatic carbocycles. The molecule has 0 spiro atoms. The zero-order valence-electron chi connectivity index (χ0n) is 18.3. The van der Waals surface area contributed by atoms with Gasteiger partial charge in [-0.25, -0.2) is 0 Å². The van der Waals surface area contributed by atoms with E-state index in [4.69, 9.17) is 21.1 Å². The Labute approximate surface area is 201 Å². The fraction of sp³-hybridized carbons (Fsp3) is 0.333. The van der Waals surface area contributed by atoms with E-state index >= 15 is 0 Å². The number of hydrogen-bond donors (Lipinski definition) is 0. The van der Waals surface area contributed by atoms with Crippen LogP contribution in [0.25, 0.3) is 0 Å². The predicted molar refractivity (Wildman–Crippen MR) is 127 cm³/mol. The summed E-state index contributed by atoms with van der Waals surface area (Å²) < 4.78 is 13.4. The maximum atomic E-state index is 13.7. The summed E-state index contributed by atoms with van der Waals surface area (Å²) in [6.07, 6.45) is 2.27. The molecule has 168 valence electrons. The maximum Gasteiger partial charge on any atom is 0.272 e. The van der Waals surface area contributed by atoms with Gasteiger partial charge in [0.25, 0.3) is 5.91 Å². The molecule has 0 aliphatic heterocycles. The lowest BCUT2D eigenvalue weighted by atomic mass is 10.1. The molecule has 1 aromatic heterocycles. The van der Waals surface area contributed by atoms with Crippen LogP contribution in [0.3, 0.4) is 0 Å². The molecular weight excluding hydrogens is 494 g/mol. The monoisotopic (exact) mass is 517 g/mol. The first-order valence-corrected chi connectivity index (χ1v) is 11.5. The van der Waals surface area contributed by atoms with E-state index in [1.165, 1.54) is 0 Å². The van der Waals surface area contributed by atoms with Gasteiger partial charge in [0.05, 0.1) is 31.5 Å². The lowest BCUT2D eigenvalue weighted by Gasteiger charge is -2.24. The molecule has 1 aliphatic rings. The third-order valence-corrected chi connectivity index (χ3v) is 6.85. The minimum Gasteiger partial charge on any atom is -0.497 e. The molecule has 32 heavy (non-hydrogen) atoms. The van der Waals surface area contributed by atoms with Crippen molar-refractivity contribution in [2.24, 2.45) is 7.05 Å². The van der Waals surface area contributed by atoms with Crippen LogP contribution < -0.4 is 9.47 Å². The molecule has 4 rings (SSSR count). The summed E-state index contributed by atoms with van der Waals surface area (Å²) in [7, 11) is 5.05. The molecule has 0 radical (unpaired) electrons. The molecule has 1 heterocycles. The Morgan fingerprint density at radius 1 is 1.16 bits per heavy atom. The molecule has 1 fully saturated rings. The number of benzene rings is 2. The number of amides is 1. The van der Waals surface area contributed by atoms with E-state index in [1.807, 2.05) is 49.5 Å². The van der Waals surface area contributed by atoms with Gasteiger partial charge >= 0.3 is 0 Å². The number of nitrogens with zero attached hydrogens (tertiary/aromatic N) is 3. The van der Waals surface area contributed by atoms with Gasteiger partial charge in [0.1, 0.15) is 17.2 Å². The number of methoxy groups -OCH3 is 2. The van der Waals surface area contributed by atoms with Crippen LogP contribution in [0.2, 0.25) is 5.02 Å². The number of hydrogen-bond acceptors (Lipinski definition) is 4. The van der Waals surface area contributed by atoms with Crippen molar-refractivity contribution < 1.29 is 14.3 Å². The standard InChI is InChI=1S/C24H25BrClN3O3/c1-28-22(12-21(27-28)16-5-6-16)24(30)29(13-15-4-9-19(25)20(26)10-15)14-17-7-8-18(31-2)11-23(17)32-3/h4,7-12,16H,5-6,13-14H2,1-3H3. The summed E-state index contributed by atoms with van der Waals surface area (Å²) >= 11 is 9.73. The first-order chi connectivity index (χ1) is 15.4. The molecule has 0 saturated heterocycles. The van der Waals surface area contributed by atoms with Crippen LogP contribution in [0.5, 0.6) is 11.5 Å². The fourth-order valence-corrected chi connectivity index (χ4v) is 4.13. The molecule has 3 aromatic rings. The molecule has 0 unspecified atom stereocenters. The smallest absolute Gasteiger partial charge is 0.272 e. The van der Waals surface area contributed by atoms with E-state index in [9.17, 15) is 4.79 Å². The third kappa shape index (κ3) is 4.94. The van der Waals surface area contributed by atoms with Gasteiger partial charge in [-0.15, -0.1) is 0 Å². The zero-order chi connectivity index (χ0) is 22.8. The molecular formula is C24H25BrClN3O3. The lowest BCUT2D eigenvalue weighted by molar-refractivity contribution is 0.0717. The molecule has 1 saturated carbocycles. The number of aromatic nitrogens is 2. The summed E-state index contributed by atoms with van der Waals surface area (Å²) in [6, 6.07) is 13.3. The van der Waals surface area contributed by atoms with Crippen LogP contribution in [0.1, 0.15) is 46.1 Å². The Kier molecular flexibility index (Phi) is 6.76. The van der Waals surface area contributed by atoms with Crippen molar-refractivity contribution in [1.82, 2.24) is 14.7 Å². The Hall–Kier alpha value is -2.51. The van der Waals surface area contributed by atoms with E-state index in [0.29, 0.717) is 41.2 Å². The zero-order valence-corrected chi connectivity index (χ0v) is 20.6. The van der Waals surface area contributed by atoms with Gasteiger partial charge in [-0.2, -0.15) is 5.10 Å². The van der Waals surface area contributed by atoms with Crippen molar-refractivity contribution in [2.45, 2.75) is 31.8 Å². The molecule has 1 amide bonds. The highest BCUT2D eigenvalue weighted by molar-refractivity contribution is 9.10. The maximum absolute atomic E-state index is 13.7. The van der Waals surface area contributed by atoms with Gasteiger partial charge < -0.3 is 14.4 Å². The average molecular weight is 519 g/mol. The van der Waals surface area contributed by atoms with Gasteiger partial charge in [0.15, 0.2) is 0 Å². The highest BCUT2D eigenvalue weighted by Gasteiger charge is 2.29. The summed E-state index contributed by atoms with van der Waals surface area (Å²) in [5.41, 5.74) is 3.38. The van der Waals surface area contributed by atoms with Crippen molar-refractivity contribution in [3.8, 4) is 11.5 Å². The van der Waals surface area contributed by atoms with Crippen LogP contribution in [-0.4, -0.2) is 34.8 Å². The quantitative estimate of drug-likeness (QED) is 0.391. The summed E-state index contributed by atoms with van der Waals surface area (Å²) in [6.45, 7) is 0.759. The Balaban J connectivity index is 1.67. The van der Waals surface area contributed by atoms with Crippen LogP contribution in [-0.2, 0) is 20.1 Å². The van der Waals surface area contributed by atoms with Crippen molar-refractivity contribution in [3.63, 3.8) is 0 Å². The average Bonchev–Trinajstić information content (AvgIpc) is 3.57. The Morgan fingerprint density at radius 2 is 1.94 bits per heavy atom. The minimum atomic E-state index is -0.0937. The summed E-state index contributed by atoms with van der Waals surface area (Å²) in [5, 5.41) is 5.18. The second kappa shape index (κ2) is 9.55. The van der Waals surface area contributed by atoms with Crippen molar-refractivity contribution in [3.05, 3.63) is 74.5 Å². The van der Waals surface area contributed by atoms with Crippen LogP contribution >= 0.6 is 27.5 Å². The normalized spacial score (nSPS) is 13.2. The van der Waals surface area contributed by atoms with Crippen molar-refractivity contribution in [2.75, 3.05) is 14.2 Å². The van der Waals surface area contributed by atoms with E-state index < -0.39 is 0 Å². The number of aryl methyl sites for hydroxylation is 1. The molecule has 0 bridgehead atoms. The lowest BCUT2D eigenvalue weighted by Crippen LogP contribution is -2.31.